The molecule has 0 saturated heterocycles. The molecule has 1 aromatic carbocycles. The lowest BCUT2D eigenvalue weighted by atomic mass is 9.92. The fourth-order valence-corrected chi connectivity index (χ4v) is 2.44. The van der Waals surface area contributed by atoms with E-state index in [-0.39, 0.29) is 17.8 Å². The predicted molar refractivity (Wildman–Crippen MR) is 74.5 cm³/mol. The quantitative estimate of drug-likeness (QED) is 0.574. The van der Waals surface area contributed by atoms with Crippen LogP contribution in [0, 0.1) is 10.1 Å². The second-order valence-electron chi connectivity index (χ2n) is 4.88. The first-order chi connectivity index (χ1) is 9.10. The van der Waals surface area contributed by atoms with Crippen LogP contribution in [0.5, 0.6) is 0 Å². The molecule has 2 unspecified atom stereocenters. The van der Waals surface area contributed by atoms with Gasteiger partial charge in [0, 0.05) is 30.6 Å². The summed E-state index contributed by atoms with van der Waals surface area (Å²) in [6.07, 6.45) is 3.40. The molecular weight excluding hydrogens is 246 g/mol. The molecule has 1 aliphatic rings. The molecule has 1 saturated carbocycles. The summed E-state index contributed by atoms with van der Waals surface area (Å²) in [5.41, 5.74) is 1.39. The summed E-state index contributed by atoms with van der Waals surface area (Å²) in [5.74, 6) is 0. The largest absolute Gasteiger partial charge is 0.391 e. The van der Waals surface area contributed by atoms with Gasteiger partial charge in [-0.15, -0.1) is 0 Å². The summed E-state index contributed by atoms with van der Waals surface area (Å²) in [6.45, 7) is 0. The van der Waals surface area contributed by atoms with Gasteiger partial charge in [0.2, 0.25) is 0 Å². The van der Waals surface area contributed by atoms with E-state index in [1.807, 2.05) is 6.07 Å². The minimum atomic E-state index is -0.413. The van der Waals surface area contributed by atoms with Crippen LogP contribution in [0.2, 0.25) is 0 Å². The van der Waals surface area contributed by atoms with Crippen LogP contribution in [0.1, 0.15) is 25.7 Å². The third kappa shape index (κ3) is 3.35. The van der Waals surface area contributed by atoms with Crippen LogP contribution >= 0.6 is 0 Å². The van der Waals surface area contributed by atoms with E-state index in [9.17, 15) is 15.2 Å². The van der Waals surface area contributed by atoms with E-state index >= 15 is 0 Å². The Balaban J connectivity index is 2.18. The van der Waals surface area contributed by atoms with Crippen molar-refractivity contribution in [1.82, 2.24) is 0 Å². The average Bonchev–Trinajstić information content (AvgIpc) is 2.41. The number of hydrogen-bond donors (Lipinski definition) is 3. The highest BCUT2D eigenvalue weighted by Crippen LogP contribution is 2.27. The number of aliphatic hydroxyl groups is 1. The number of nitro benzene ring substituents is 1. The molecule has 0 aliphatic heterocycles. The van der Waals surface area contributed by atoms with Crippen molar-refractivity contribution in [2.75, 3.05) is 17.7 Å². The number of aliphatic hydroxyl groups excluding tert-OH is 1. The van der Waals surface area contributed by atoms with Crippen molar-refractivity contribution in [3.05, 3.63) is 28.3 Å². The molecule has 0 heterocycles. The van der Waals surface area contributed by atoms with Crippen LogP contribution in [-0.4, -0.2) is 29.2 Å². The number of non-ortho nitro benzene ring substituents is 1. The molecular formula is C13H19N3O3. The van der Waals surface area contributed by atoms with E-state index in [0.717, 1.165) is 25.7 Å². The Morgan fingerprint density at radius 1 is 1.26 bits per heavy atom. The topological polar surface area (TPSA) is 87.4 Å². The Morgan fingerprint density at radius 2 is 1.95 bits per heavy atom. The maximum absolute atomic E-state index is 10.9. The molecule has 1 aliphatic carbocycles. The summed E-state index contributed by atoms with van der Waals surface area (Å²) in [6, 6.07) is 4.78. The zero-order valence-corrected chi connectivity index (χ0v) is 10.9. The Kier molecular flexibility index (Phi) is 4.21. The van der Waals surface area contributed by atoms with Crippen LogP contribution in [0.4, 0.5) is 17.1 Å². The molecule has 1 fully saturated rings. The molecule has 19 heavy (non-hydrogen) atoms. The van der Waals surface area contributed by atoms with Crippen LogP contribution in [0.3, 0.4) is 0 Å². The monoisotopic (exact) mass is 265 g/mol. The van der Waals surface area contributed by atoms with E-state index in [1.54, 1.807) is 7.05 Å². The minimum absolute atomic E-state index is 0.0274. The van der Waals surface area contributed by atoms with Gasteiger partial charge >= 0.3 is 0 Å². The number of anilines is 2. The fraction of sp³-hybridized carbons (Fsp3) is 0.538. The molecule has 0 spiro atoms. The standard InChI is InChI=1S/C13H19N3O3/c1-14-9-6-10(8-11(7-9)16(18)19)15-12-4-2-3-5-13(12)17/h6-8,12-15,17H,2-5H2,1H3. The summed E-state index contributed by atoms with van der Waals surface area (Å²) >= 11 is 0. The predicted octanol–water partition coefficient (Wildman–Crippen LogP) is 2.35. The van der Waals surface area contributed by atoms with E-state index in [1.165, 1.54) is 12.1 Å². The van der Waals surface area contributed by atoms with Gasteiger partial charge in [0.05, 0.1) is 17.1 Å². The number of benzene rings is 1. The van der Waals surface area contributed by atoms with Crippen molar-refractivity contribution in [2.45, 2.75) is 37.8 Å². The SMILES string of the molecule is CNc1cc(NC2CCCCC2O)cc([N+](=O)[O-])c1. The highest BCUT2D eigenvalue weighted by molar-refractivity contribution is 5.63. The van der Waals surface area contributed by atoms with Gasteiger partial charge in [0.15, 0.2) is 0 Å². The number of nitrogens with zero attached hydrogens (tertiary/aromatic N) is 1. The second-order valence-corrected chi connectivity index (χ2v) is 4.88. The van der Waals surface area contributed by atoms with Gasteiger partial charge in [-0.3, -0.25) is 10.1 Å². The Morgan fingerprint density at radius 3 is 2.58 bits per heavy atom. The van der Waals surface area contributed by atoms with Gasteiger partial charge < -0.3 is 15.7 Å². The van der Waals surface area contributed by atoms with E-state index < -0.39 is 4.92 Å². The van der Waals surface area contributed by atoms with Crippen LogP contribution in [0.25, 0.3) is 0 Å². The van der Waals surface area contributed by atoms with E-state index in [0.29, 0.717) is 11.4 Å². The minimum Gasteiger partial charge on any atom is -0.391 e. The van der Waals surface area contributed by atoms with Crippen molar-refractivity contribution in [3.8, 4) is 0 Å². The molecule has 6 heteroatoms. The van der Waals surface area contributed by atoms with Gasteiger partial charge in [-0.05, 0) is 18.9 Å². The Hall–Kier alpha value is -1.82. The summed E-state index contributed by atoms with van der Waals surface area (Å²) in [7, 11) is 1.72. The third-order valence-corrected chi connectivity index (χ3v) is 3.50. The molecule has 2 rings (SSSR count). The van der Waals surface area contributed by atoms with Crippen LogP contribution in [0.15, 0.2) is 18.2 Å². The normalized spacial score (nSPS) is 22.8. The molecule has 0 aromatic heterocycles. The number of hydrogen-bond acceptors (Lipinski definition) is 5. The average molecular weight is 265 g/mol. The van der Waals surface area contributed by atoms with E-state index in [4.69, 9.17) is 0 Å². The second kappa shape index (κ2) is 5.88. The summed E-state index contributed by atoms with van der Waals surface area (Å²) < 4.78 is 0. The number of rotatable bonds is 4. The maximum Gasteiger partial charge on any atom is 0.273 e. The summed E-state index contributed by atoms with van der Waals surface area (Å²) in [5, 5.41) is 26.9. The first-order valence-corrected chi connectivity index (χ1v) is 6.52. The lowest BCUT2D eigenvalue weighted by Gasteiger charge is -2.29. The summed E-state index contributed by atoms with van der Waals surface area (Å²) in [4.78, 5) is 10.5. The van der Waals surface area contributed by atoms with Crippen molar-refractivity contribution >= 4 is 17.1 Å². The highest BCUT2D eigenvalue weighted by Gasteiger charge is 2.23. The van der Waals surface area contributed by atoms with Crippen molar-refractivity contribution in [3.63, 3.8) is 0 Å². The molecule has 2 atom stereocenters. The molecule has 1 aromatic rings. The lowest BCUT2D eigenvalue weighted by molar-refractivity contribution is -0.384. The first-order valence-electron chi connectivity index (χ1n) is 6.52. The highest BCUT2D eigenvalue weighted by atomic mass is 16.6. The zero-order valence-electron chi connectivity index (χ0n) is 10.9. The van der Waals surface area contributed by atoms with Crippen LogP contribution < -0.4 is 10.6 Å². The van der Waals surface area contributed by atoms with Gasteiger partial charge in [-0.25, -0.2) is 0 Å². The van der Waals surface area contributed by atoms with Gasteiger partial charge in [-0.2, -0.15) is 0 Å². The lowest BCUT2D eigenvalue weighted by Crippen LogP contribution is -2.36. The van der Waals surface area contributed by atoms with Crippen LogP contribution in [-0.2, 0) is 0 Å². The number of nitro groups is 1. The Labute approximate surface area is 112 Å². The van der Waals surface area contributed by atoms with Crippen molar-refractivity contribution in [2.24, 2.45) is 0 Å². The zero-order chi connectivity index (χ0) is 13.8. The maximum atomic E-state index is 10.9. The Bertz CT molecular complexity index is 464. The van der Waals surface area contributed by atoms with Crippen molar-refractivity contribution < 1.29 is 10.0 Å². The first kappa shape index (κ1) is 13.6. The third-order valence-electron chi connectivity index (χ3n) is 3.50. The fourth-order valence-electron chi connectivity index (χ4n) is 2.44. The van der Waals surface area contributed by atoms with Crippen molar-refractivity contribution in [1.29, 1.82) is 0 Å². The number of nitrogens with one attached hydrogen (secondary N) is 2. The molecule has 104 valence electrons. The van der Waals surface area contributed by atoms with Gasteiger partial charge in [0.25, 0.3) is 5.69 Å². The smallest absolute Gasteiger partial charge is 0.273 e. The van der Waals surface area contributed by atoms with E-state index in [2.05, 4.69) is 10.6 Å². The molecule has 0 amide bonds. The van der Waals surface area contributed by atoms with Gasteiger partial charge in [0.1, 0.15) is 0 Å². The molecule has 3 N–H and O–H groups in total. The van der Waals surface area contributed by atoms with Gasteiger partial charge in [-0.1, -0.05) is 12.8 Å². The molecule has 0 radical (unpaired) electrons. The molecule has 6 nitrogen and oxygen atoms in total. The molecule has 0 bridgehead atoms.